The molecule has 0 amide bonds. The first-order valence-electron chi connectivity index (χ1n) is 5.00. The minimum Gasteiger partial charge on any atom is -0.382 e. The van der Waals surface area contributed by atoms with Crippen LogP contribution in [0.4, 0.5) is 11.4 Å². The molecule has 1 aromatic carbocycles. The van der Waals surface area contributed by atoms with Crippen molar-refractivity contribution in [2.75, 3.05) is 24.4 Å². The van der Waals surface area contributed by atoms with E-state index in [0.29, 0.717) is 10.7 Å². The fraction of sp³-hybridized carbons (Fsp3) is 0.182. The molecule has 0 radical (unpaired) electrons. The maximum atomic E-state index is 8.67. The van der Waals surface area contributed by atoms with E-state index >= 15 is 0 Å². The Hall–Kier alpha value is -2.26. The van der Waals surface area contributed by atoms with E-state index in [1.807, 2.05) is 25.1 Å². The third kappa shape index (κ3) is 3.37. The molecule has 0 spiro atoms. The Balaban J connectivity index is 2.91. The van der Waals surface area contributed by atoms with Gasteiger partial charge in [0.1, 0.15) is 6.07 Å². The summed E-state index contributed by atoms with van der Waals surface area (Å²) in [6, 6.07) is 6.97. The van der Waals surface area contributed by atoms with Crippen LogP contribution in [0.3, 0.4) is 0 Å². The highest BCUT2D eigenvalue weighted by molar-refractivity contribution is 6.45. The number of nitrogens with one attached hydrogen (secondary N) is 2. The fourth-order valence-corrected chi connectivity index (χ4v) is 1.55. The summed E-state index contributed by atoms with van der Waals surface area (Å²) in [5, 5.41) is 20.0. The summed E-state index contributed by atoms with van der Waals surface area (Å²) in [7, 11) is 3.77. The first-order chi connectivity index (χ1) is 8.45. The van der Waals surface area contributed by atoms with Crippen molar-refractivity contribution < 1.29 is 0 Å². The third-order valence-corrected chi connectivity index (χ3v) is 2.39. The lowest BCUT2D eigenvalue weighted by Gasteiger charge is -2.14. The number of nitrogens with zero attached hydrogens (tertiary/aromatic N) is 3. The van der Waals surface area contributed by atoms with Crippen molar-refractivity contribution in [1.29, 1.82) is 10.7 Å². The SMILES string of the molecule is CN(C)c1ccc(N/N=C(\C#N)C(=N)N)cc1Cl. The first-order valence-corrected chi connectivity index (χ1v) is 5.38. The molecule has 4 N–H and O–H groups in total. The zero-order chi connectivity index (χ0) is 13.7. The van der Waals surface area contributed by atoms with E-state index in [9.17, 15) is 0 Å². The largest absolute Gasteiger partial charge is 0.382 e. The second kappa shape index (κ2) is 5.89. The van der Waals surface area contributed by atoms with E-state index in [-0.39, 0.29) is 11.5 Å². The summed E-state index contributed by atoms with van der Waals surface area (Å²) in [5.41, 5.74) is 9.09. The molecule has 0 heterocycles. The maximum Gasteiger partial charge on any atom is 0.201 e. The van der Waals surface area contributed by atoms with Gasteiger partial charge in [0.25, 0.3) is 0 Å². The maximum absolute atomic E-state index is 8.67. The molecule has 7 heteroatoms. The molecule has 6 nitrogen and oxygen atoms in total. The molecule has 0 unspecified atom stereocenters. The average Bonchev–Trinajstić information content (AvgIpc) is 2.28. The minimum absolute atomic E-state index is 0.178. The van der Waals surface area contributed by atoms with E-state index in [4.69, 9.17) is 28.0 Å². The van der Waals surface area contributed by atoms with E-state index in [1.165, 1.54) is 0 Å². The van der Waals surface area contributed by atoms with E-state index in [1.54, 1.807) is 18.2 Å². The minimum atomic E-state index is -0.388. The Kier molecular flexibility index (Phi) is 4.52. The molecule has 94 valence electrons. The normalized spacial score (nSPS) is 10.7. The lowest BCUT2D eigenvalue weighted by Crippen LogP contribution is -2.21. The van der Waals surface area contributed by atoms with Crippen molar-refractivity contribution in [2.45, 2.75) is 0 Å². The molecule has 1 rings (SSSR count). The number of benzene rings is 1. The van der Waals surface area contributed by atoms with Crippen LogP contribution in [0.2, 0.25) is 5.02 Å². The van der Waals surface area contributed by atoms with Crippen molar-refractivity contribution in [3.63, 3.8) is 0 Å². The van der Waals surface area contributed by atoms with Gasteiger partial charge in [-0.15, -0.1) is 0 Å². The van der Waals surface area contributed by atoms with Gasteiger partial charge in [-0.1, -0.05) is 11.6 Å². The number of rotatable bonds is 4. The number of hydrazone groups is 1. The van der Waals surface area contributed by atoms with Gasteiger partial charge >= 0.3 is 0 Å². The molecular formula is C11H13ClN6. The van der Waals surface area contributed by atoms with Gasteiger partial charge in [0.05, 0.1) is 16.4 Å². The first kappa shape index (κ1) is 13.8. The standard InChI is InChI=1S/C11H13ClN6/c1-18(2)10-4-3-7(5-8(10)12)16-17-9(6-13)11(14)15/h3-5,16H,1-2H3,(H3,14,15)/b17-9+. The van der Waals surface area contributed by atoms with Gasteiger partial charge in [0.15, 0.2) is 5.84 Å². The summed E-state index contributed by atoms with van der Waals surface area (Å²) in [5.74, 6) is -0.388. The van der Waals surface area contributed by atoms with Crippen LogP contribution >= 0.6 is 11.6 Å². The summed E-state index contributed by atoms with van der Waals surface area (Å²) < 4.78 is 0. The van der Waals surface area contributed by atoms with Crippen molar-refractivity contribution in [3.8, 4) is 6.07 Å². The van der Waals surface area contributed by atoms with Crippen LogP contribution in [0.5, 0.6) is 0 Å². The summed E-state index contributed by atoms with van der Waals surface area (Å²) in [4.78, 5) is 1.88. The van der Waals surface area contributed by atoms with Crippen molar-refractivity contribution in [1.82, 2.24) is 0 Å². The van der Waals surface area contributed by atoms with Gasteiger partial charge in [0.2, 0.25) is 5.71 Å². The Bertz CT molecular complexity index is 529. The van der Waals surface area contributed by atoms with Crippen LogP contribution in [0.25, 0.3) is 0 Å². The van der Waals surface area contributed by atoms with Crippen LogP contribution in [0, 0.1) is 16.7 Å². The molecule has 0 atom stereocenters. The number of nitriles is 1. The topological polar surface area (TPSA) is 101 Å². The van der Waals surface area contributed by atoms with Gasteiger partial charge in [0, 0.05) is 14.1 Å². The quantitative estimate of drug-likeness (QED) is 0.437. The molecule has 0 bridgehead atoms. The highest BCUT2D eigenvalue weighted by Crippen LogP contribution is 2.27. The highest BCUT2D eigenvalue weighted by Gasteiger charge is 2.04. The highest BCUT2D eigenvalue weighted by atomic mass is 35.5. The molecule has 0 aliphatic carbocycles. The van der Waals surface area contributed by atoms with Gasteiger partial charge in [-0.3, -0.25) is 10.8 Å². The van der Waals surface area contributed by atoms with E-state index in [2.05, 4.69) is 10.5 Å². The number of anilines is 2. The number of halogens is 1. The molecule has 0 saturated heterocycles. The van der Waals surface area contributed by atoms with Crippen molar-refractivity contribution in [3.05, 3.63) is 23.2 Å². The predicted molar refractivity (Wildman–Crippen MR) is 74.4 cm³/mol. The van der Waals surface area contributed by atoms with Crippen LogP contribution in [0.15, 0.2) is 23.3 Å². The lowest BCUT2D eigenvalue weighted by atomic mass is 10.2. The summed E-state index contributed by atoms with van der Waals surface area (Å²) in [6.07, 6.45) is 0. The Morgan fingerprint density at radius 2 is 2.22 bits per heavy atom. The summed E-state index contributed by atoms with van der Waals surface area (Å²) >= 11 is 6.07. The van der Waals surface area contributed by atoms with Gasteiger partial charge in [-0.2, -0.15) is 10.4 Å². The van der Waals surface area contributed by atoms with Crippen LogP contribution in [-0.2, 0) is 0 Å². The zero-order valence-corrected chi connectivity index (χ0v) is 10.8. The molecule has 1 aromatic rings. The molecule has 0 aliphatic heterocycles. The summed E-state index contributed by atoms with van der Waals surface area (Å²) in [6.45, 7) is 0. The molecule has 0 aliphatic rings. The predicted octanol–water partition coefficient (Wildman–Crippen LogP) is 1.63. The number of hydrogen-bond acceptors (Lipinski definition) is 5. The van der Waals surface area contributed by atoms with E-state index in [0.717, 1.165) is 5.69 Å². The molecule has 18 heavy (non-hydrogen) atoms. The van der Waals surface area contributed by atoms with Crippen LogP contribution < -0.4 is 16.1 Å². The fourth-order valence-electron chi connectivity index (χ4n) is 1.21. The molecule has 0 fully saturated rings. The van der Waals surface area contributed by atoms with Crippen LogP contribution in [0.1, 0.15) is 0 Å². The van der Waals surface area contributed by atoms with E-state index < -0.39 is 0 Å². The average molecular weight is 265 g/mol. The Morgan fingerprint density at radius 1 is 1.56 bits per heavy atom. The van der Waals surface area contributed by atoms with Crippen LogP contribution in [-0.4, -0.2) is 25.6 Å². The number of hydrogen-bond donors (Lipinski definition) is 3. The van der Waals surface area contributed by atoms with Crippen molar-refractivity contribution in [2.24, 2.45) is 10.8 Å². The second-order valence-electron chi connectivity index (χ2n) is 3.66. The zero-order valence-electron chi connectivity index (χ0n) is 10.0. The van der Waals surface area contributed by atoms with Gasteiger partial charge < -0.3 is 10.6 Å². The number of nitrogens with two attached hydrogens (primary N) is 1. The Labute approximate surface area is 110 Å². The second-order valence-corrected chi connectivity index (χ2v) is 4.07. The third-order valence-electron chi connectivity index (χ3n) is 2.09. The molecule has 0 aromatic heterocycles. The smallest absolute Gasteiger partial charge is 0.201 e. The molecule has 0 saturated carbocycles. The molecular weight excluding hydrogens is 252 g/mol. The van der Waals surface area contributed by atoms with Gasteiger partial charge in [-0.05, 0) is 18.2 Å². The van der Waals surface area contributed by atoms with Crippen molar-refractivity contribution >= 4 is 34.5 Å². The lowest BCUT2D eigenvalue weighted by molar-refractivity contribution is 1.13. The monoisotopic (exact) mass is 264 g/mol. The van der Waals surface area contributed by atoms with Gasteiger partial charge in [-0.25, -0.2) is 0 Å². The Morgan fingerprint density at radius 3 is 2.67 bits per heavy atom. The number of amidine groups is 1.